The van der Waals surface area contributed by atoms with E-state index in [4.69, 9.17) is 0 Å². The van der Waals surface area contributed by atoms with Crippen molar-refractivity contribution in [3.63, 3.8) is 0 Å². The molecular weight excluding hydrogens is 307 g/mol. The molecule has 106 valence electrons. The van der Waals surface area contributed by atoms with E-state index in [1.165, 1.54) is 18.9 Å². The fraction of sp³-hybridized carbons (Fsp3) is 0.600. The molecule has 1 fully saturated rings. The van der Waals surface area contributed by atoms with Crippen LogP contribution >= 0.6 is 15.9 Å². The van der Waals surface area contributed by atoms with Gasteiger partial charge in [-0.2, -0.15) is 0 Å². The number of benzene rings is 1. The molecule has 0 aromatic heterocycles. The van der Waals surface area contributed by atoms with E-state index in [0.29, 0.717) is 6.04 Å². The molecule has 1 unspecified atom stereocenters. The lowest BCUT2D eigenvalue weighted by molar-refractivity contribution is 0.241. The number of halogens is 2. The molecule has 0 amide bonds. The van der Waals surface area contributed by atoms with Crippen LogP contribution in [0.1, 0.15) is 31.7 Å². The first-order chi connectivity index (χ1) is 9.17. The van der Waals surface area contributed by atoms with Crippen LogP contribution in [0.2, 0.25) is 0 Å². The summed E-state index contributed by atoms with van der Waals surface area (Å²) in [5.41, 5.74) is 1.04. The van der Waals surface area contributed by atoms with Crippen LogP contribution in [0, 0.1) is 5.82 Å². The highest BCUT2D eigenvalue weighted by molar-refractivity contribution is 9.10. The Hall–Kier alpha value is -0.450. The number of nitrogens with zero attached hydrogens (tertiary/aromatic N) is 1. The standard InChI is InChI=1S/C15H22BrFN2/c1-2-6-19(11-15-4-3-5-18-15)10-12-7-13(16)9-14(17)8-12/h7-9,15,18H,2-6,10-11H2,1H3. The minimum atomic E-state index is -0.167. The fourth-order valence-electron chi connectivity index (χ4n) is 2.74. The van der Waals surface area contributed by atoms with Gasteiger partial charge in [-0.25, -0.2) is 4.39 Å². The van der Waals surface area contributed by atoms with Crippen molar-refractivity contribution in [3.8, 4) is 0 Å². The quantitative estimate of drug-likeness (QED) is 0.859. The Morgan fingerprint density at radius 1 is 1.42 bits per heavy atom. The second-order valence-corrected chi connectivity index (χ2v) is 6.22. The van der Waals surface area contributed by atoms with Crippen LogP contribution in [-0.2, 0) is 6.54 Å². The van der Waals surface area contributed by atoms with E-state index in [0.717, 1.165) is 42.6 Å². The molecule has 2 nitrogen and oxygen atoms in total. The third-order valence-electron chi connectivity index (χ3n) is 3.51. The van der Waals surface area contributed by atoms with E-state index in [1.807, 2.05) is 6.07 Å². The summed E-state index contributed by atoms with van der Waals surface area (Å²) < 4.78 is 14.2. The van der Waals surface area contributed by atoms with E-state index < -0.39 is 0 Å². The molecule has 0 aliphatic carbocycles. The number of hydrogen-bond donors (Lipinski definition) is 1. The Kier molecular flexibility index (Phi) is 5.79. The van der Waals surface area contributed by atoms with Gasteiger partial charge >= 0.3 is 0 Å². The molecule has 19 heavy (non-hydrogen) atoms. The van der Waals surface area contributed by atoms with E-state index in [2.05, 4.69) is 33.1 Å². The van der Waals surface area contributed by atoms with Crippen molar-refractivity contribution >= 4 is 15.9 Å². The van der Waals surface area contributed by atoms with Crippen LogP contribution in [0.25, 0.3) is 0 Å². The van der Waals surface area contributed by atoms with Gasteiger partial charge in [0.05, 0.1) is 0 Å². The van der Waals surface area contributed by atoms with Gasteiger partial charge in [-0.3, -0.25) is 4.90 Å². The van der Waals surface area contributed by atoms with Crippen molar-refractivity contribution in [3.05, 3.63) is 34.1 Å². The Morgan fingerprint density at radius 3 is 2.89 bits per heavy atom. The molecule has 4 heteroatoms. The second-order valence-electron chi connectivity index (χ2n) is 5.31. The summed E-state index contributed by atoms with van der Waals surface area (Å²) in [6.45, 7) is 6.27. The average Bonchev–Trinajstić information content (AvgIpc) is 2.80. The summed E-state index contributed by atoms with van der Waals surface area (Å²) >= 11 is 3.36. The van der Waals surface area contributed by atoms with Crippen LogP contribution in [-0.4, -0.2) is 30.6 Å². The zero-order valence-electron chi connectivity index (χ0n) is 11.5. The molecule has 1 aromatic rings. The van der Waals surface area contributed by atoms with Gasteiger partial charge < -0.3 is 5.32 Å². The first-order valence-corrected chi connectivity index (χ1v) is 7.87. The normalized spacial score (nSPS) is 19.3. The summed E-state index contributed by atoms with van der Waals surface area (Å²) in [7, 11) is 0. The maximum absolute atomic E-state index is 13.4. The molecule has 2 rings (SSSR count). The fourth-order valence-corrected chi connectivity index (χ4v) is 3.25. The largest absolute Gasteiger partial charge is 0.313 e. The summed E-state index contributed by atoms with van der Waals surface area (Å²) in [5, 5.41) is 3.53. The van der Waals surface area contributed by atoms with Gasteiger partial charge in [0.15, 0.2) is 0 Å². The number of nitrogens with one attached hydrogen (secondary N) is 1. The van der Waals surface area contributed by atoms with Crippen molar-refractivity contribution < 1.29 is 4.39 Å². The summed E-state index contributed by atoms with van der Waals surface area (Å²) in [4.78, 5) is 2.42. The van der Waals surface area contributed by atoms with Gasteiger partial charge in [0.1, 0.15) is 5.82 Å². The number of rotatable bonds is 6. The molecule has 1 heterocycles. The Morgan fingerprint density at radius 2 is 2.26 bits per heavy atom. The molecule has 1 atom stereocenters. The average molecular weight is 329 g/mol. The Labute approximate surface area is 123 Å². The van der Waals surface area contributed by atoms with Gasteiger partial charge in [0, 0.05) is 23.6 Å². The van der Waals surface area contributed by atoms with E-state index >= 15 is 0 Å². The molecule has 1 N–H and O–H groups in total. The lowest BCUT2D eigenvalue weighted by atomic mass is 10.1. The topological polar surface area (TPSA) is 15.3 Å². The highest BCUT2D eigenvalue weighted by atomic mass is 79.9. The molecule has 1 aliphatic heterocycles. The third kappa shape index (κ3) is 4.86. The summed E-state index contributed by atoms with van der Waals surface area (Å²) in [6.07, 6.45) is 3.66. The highest BCUT2D eigenvalue weighted by Gasteiger charge is 2.17. The van der Waals surface area contributed by atoms with E-state index in [1.54, 1.807) is 6.07 Å². The molecule has 0 saturated carbocycles. The van der Waals surface area contributed by atoms with Gasteiger partial charge in [-0.15, -0.1) is 0 Å². The third-order valence-corrected chi connectivity index (χ3v) is 3.97. The summed E-state index contributed by atoms with van der Waals surface area (Å²) in [6, 6.07) is 5.75. The zero-order valence-corrected chi connectivity index (χ0v) is 13.0. The number of hydrogen-bond acceptors (Lipinski definition) is 2. The molecule has 1 saturated heterocycles. The van der Waals surface area contributed by atoms with Crippen LogP contribution in [0.3, 0.4) is 0 Å². The first-order valence-electron chi connectivity index (χ1n) is 7.08. The minimum absolute atomic E-state index is 0.167. The second kappa shape index (κ2) is 7.36. The lowest BCUT2D eigenvalue weighted by Crippen LogP contribution is -2.37. The Balaban J connectivity index is 1.98. The smallest absolute Gasteiger partial charge is 0.124 e. The predicted octanol–water partition coefficient (Wildman–Crippen LogP) is 3.55. The van der Waals surface area contributed by atoms with Crippen LogP contribution < -0.4 is 5.32 Å². The predicted molar refractivity (Wildman–Crippen MR) is 80.7 cm³/mol. The van der Waals surface area contributed by atoms with Crippen molar-refractivity contribution in [2.75, 3.05) is 19.6 Å². The highest BCUT2D eigenvalue weighted by Crippen LogP contribution is 2.17. The molecule has 1 aliphatic rings. The van der Waals surface area contributed by atoms with Crippen LogP contribution in [0.5, 0.6) is 0 Å². The summed E-state index contributed by atoms with van der Waals surface area (Å²) in [5.74, 6) is -0.167. The van der Waals surface area contributed by atoms with Gasteiger partial charge in [-0.05, 0) is 56.1 Å². The molecule has 0 radical (unpaired) electrons. The Bertz CT molecular complexity index is 385. The van der Waals surface area contributed by atoms with Gasteiger partial charge in [0.2, 0.25) is 0 Å². The van der Waals surface area contributed by atoms with Crippen molar-refractivity contribution in [1.82, 2.24) is 10.2 Å². The molecule has 1 aromatic carbocycles. The van der Waals surface area contributed by atoms with Crippen LogP contribution in [0.15, 0.2) is 22.7 Å². The molecule has 0 spiro atoms. The van der Waals surface area contributed by atoms with E-state index in [-0.39, 0.29) is 5.82 Å². The minimum Gasteiger partial charge on any atom is -0.313 e. The maximum atomic E-state index is 13.4. The molecule has 0 bridgehead atoms. The van der Waals surface area contributed by atoms with Crippen molar-refractivity contribution in [1.29, 1.82) is 0 Å². The van der Waals surface area contributed by atoms with Gasteiger partial charge in [0.25, 0.3) is 0 Å². The first kappa shape index (κ1) is 14.9. The zero-order chi connectivity index (χ0) is 13.7. The van der Waals surface area contributed by atoms with Crippen LogP contribution in [0.4, 0.5) is 4.39 Å². The molecular formula is C15H22BrFN2. The van der Waals surface area contributed by atoms with Crippen molar-refractivity contribution in [2.24, 2.45) is 0 Å². The van der Waals surface area contributed by atoms with Gasteiger partial charge in [-0.1, -0.05) is 22.9 Å². The van der Waals surface area contributed by atoms with Crippen molar-refractivity contribution in [2.45, 2.75) is 38.8 Å². The van der Waals surface area contributed by atoms with E-state index in [9.17, 15) is 4.39 Å². The lowest BCUT2D eigenvalue weighted by Gasteiger charge is -2.25. The maximum Gasteiger partial charge on any atom is 0.124 e. The monoisotopic (exact) mass is 328 g/mol. The SMILES string of the molecule is CCCN(Cc1cc(F)cc(Br)c1)CC1CCCN1.